The molecule has 4 heterocycles. The summed E-state index contributed by atoms with van der Waals surface area (Å²) in [5.74, 6) is 3.62. The molecule has 0 spiro atoms. The van der Waals surface area contributed by atoms with Crippen LogP contribution in [0.15, 0.2) is 18.2 Å². The van der Waals surface area contributed by atoms with Crippen LogP contribution >= 0.6 is 23.8 Å². The standard InChI is InChI=1S/C26H39OP3/c1-17-6-7-20(14-28-30-25(2,3)12-22(27)13-26(30,4)5)23(8-17)24-21-10-18-9-19(11-21)16-29(24)15-18/h6-8,18-19,21,24,28H,9-16H2,1-5H3. The molecule has 0 radical (unpaired) electrons. The minimum atomic E-state index is -0.146. The van der Waals surface area contributed by atoms with Crippen LogP contribution in [0.4, 0.5) is 0 Å². The van der Waals surface area contributed by atoms with Crippen molar-refractivity contribution in [3.05, 3.63) is 34.9 Å². The molecule has 1 aromatic carbocycles. The highest BCUT2D eigenvalue weighted by Crippen LogP contribution is 2.77. The molecule has 1 nitrogen and oxygen atoms in total. The highest BCUT2D eigenvalue weighted by Gasteiger charge is 2.49. The van der Waals surface area contributed by atoms with Crippen molar-refractivity contribution in [2.75, 3.05) is 12.3 Å². The van der Waals surface area contributed by atoms with Gasteiger partial charge < -0.3 is 0 Å². The Bertz CT molecular complexity index is 795. The van der Waals surface area contributed by atoms with E-state index in [9.17, 15) is 4.79 Å². The van der Waals surface area contributed by atoms with E-state index in [0.29, 0.717) is 5.78 Å². The fourth-order valence-electron chi connectivity index (χ4n) is 7.63. The van der Waals surface area contributed by atoms with Crippen molar-refractivity contribution in [1.29, 1.82) is 0 Å². The first-order chi connectivity index (χ1) is 14.1. The van der Waals surface area contributed by atoms with Crippen LogP contribution in [-0.2, 0) is 11.0 Å². The molecule has 1 aliphatic carbocycles. The van der Waals surface area contributed by atoms with Crippen LogP contribution in [0.2, 0.25) is 0 Å². The first-order valence-electron chi connectivity index (χ1n) is 12.0. The number of Topliss-reactive ketones (excluding diaryl/α,β-unsaturated/α-hetero) is 1. The number of benzene rings is 1. The van der Waals surface area contributed by atoms with Crippen molar-refractivity contribution >= 4 is 29.6 Å². The molecule has 5 aliphatic rings. The fourth-order valence-corrected chi connectivity index (χ4v) is 19.5. The number of carbonyl (C=O) groups excluding carboxylic acids is 1. The number of hydrogen-bond acceptors (Lipinski definition) is 1. The molecule has 4 bridgehead atoms. The highest BCUT2D eigenvalue weighted by molar-refractivity contribution is 8.22. The Kier molecular flexibility index (Phi) is 5.79. The second-order valence-corrected chi connectivity index (χ2v) is 20.5. The van der Waals surface area contributed by atoms with Crippen LogP contribution in [-0.4, -0.2) is 28.4 Å². The van der Waals surface area contributed by atoms with Gasteiger partial charge in [0, 0.05) is 18.5 Å². The van der Waals surface area contributed by atoms with Gasteiger partial charge in [0.2, 0.25) is 0 Å². The summed E-state index contributed by atoms with van der Waals surface area (Å²) >= 11 is 0. The zero-order valence-corrected chi connectivity index (χ0v) is 22.3. The predicted octanol–water partition coefficient (Wildman–Crippen LogP) is 8.07. The first kappa shape index (κ1) is 22.0. The van der Waals surface area contributed by atoms with E-state index in [-0.39, 0.29) is 25.8 Å². The second kappa shape index (κ2) is 7.89. The van der Waals surface area contributed by atoms with E-state index in [1.165, 1.54) is 24.6 Å². The third-order valence-electron chi connectivity index (χ3n) is 8.28. The van der Waals surface area contributed by atoms with Gasteiger partial charge in [-0.1, -0.05) is 75.3 Å². The Labute approximate surface area is 188 Å². The molecule has 4 heteroatoms. The number of aryl methyl sites for hydroxylation is 1. The molecule has 30 heavy (non-hydrogen) atoms. The van der Waals surface area contributed by atoms with Crippen molar-refractivity contribution in [2.24, 2.45) is 17.8 Å². The van der Waals surface area contributed by atoms with Gasteiger partial charge in [-0.25, -0.2) is 0 Å². The van der Waals surface area contributed by atoms with Crippen molar-refractivity contribution in [3.63, 3.8) is 0 Å². The van der Waals surface area contributed by atoms with Gasteiger partial charge in [0.05, 0.1) is 0 Å². The van der Waals surface area contributed by atoms with Gasteiger partial charge in [-0.3, -0.25) is 4.79 Å². The molecular weight excluding hydrogens is 421 g/mol. The molecule has 4 aliphatic heterocycles. The zero-order chi connectivity index (χ0) is 21.3. The third kappa shape index (κ3) is 4.00. The average Bonchev–Trinajstić information content (AvgIpc) is 2.60. The van der Waals surface area contributed by atoms with E-state index in [1.54, 1.807) is 29.9 Å². The number of ketones is 1. The van der Waals surface area contributed by atoms with E-state index >= 15 is 0 Å². The average molecular weight is 461 g/mol. The largest absolute Gasteiger partial charge is 0.300 e. The lowest BCUT2D eigenvalue weighted by atomic mass is 9.72. The molecule has 164 valence electrons. The molecule has 4 unspecified atom stereocenters. The second-order valence-electron chi connectivity index (χ2n) is 12.0. The van der Waals surface area contributed by atoms with Gasteiger partial charge in [0.1, 0.15) is 5.78 Å². The van der Waals surface area contributed by atoms with Crippen LogP contribution in [0.3, 0.4) is 0 Å². The van der Waals surface area contributed by atoms with Crippen molar-refractivity contribution in [3.8, 4) is 0 Å². The molecule has 6 rings (SSSR count). The number of carbonyl (C=O) groups is 1. The Morgan fingerprint density at radius 2 is 1.63 bits per heavy atom. The van der Waals surface area contributed by atoms with Gasteiger partial charge in [-0.15, -0.1) is 0 Å². The van der Waals surface area contributed by atoms with Crippen LogP contribution in [0, 0.1) is 24.7 Å². The lowest BCUT2D eigenvalue weighted by Gasteiger charge is -2.55. The van der Waals surface area contributed by atoms with Crippen molar-refractivity contribution in [2.45, 2.75) is 88.9 Å². The summed E-state index contributed by atoms with van der Waals surface area (Å²) in [6, 6.07) is 7.44. The van der Waals surface area contributed by atoms with E-state index < -0.39 is 0 Å². The normalized spacial score (nSPS) is 37.4. The van der Waals surface area contributed by atoms with Gasteiger partial charge in [0.15, 0.2) is 0 Å². The monoisotopic (exact) mass is 460 g/mol. The van der Waals surface area contributed by atoms with E-state index in [1.807, 2.05) is 0 Å². The maximum Gasteiger partial charge on any atom is 0.134 e. The van der Waals surface area contributed by atoms with Crippen LogP contribution in [0.25, 0.3) is 0 Å². The molecule has 1 aromatic rings. The summed E-state index contributed by atoms with van der Waals surface area (Å²) in [4.78, 5) is 12.4. The Hall–Kier alpha value is 0.180. The molecule has 0 aromatic heterocycles. The van der Waals surface area contributed by atoms with Gasteiger partial charge in [0.25, 0.3) is 0 Å². The molecule has 0 amide bonds. The summed E-state index contributed by atoms with van der Waals surface area (Å²) < 4.78 is 0. The van der Waals surface area contributed by atoms with Gasteiger partial charge >= 0.3 is 0 Å². The Morgan fingerprint density at radius 1 is 1.00 bits per heavy atom. The summed E-state index contributed by atoms with van der Waals surface area (Å²) in [7, 11) is 1.05. The Morgan fingerprint density at radius 3 is 2.23 bits per heavy atom. The van der Waals surface area contributed by atoms with Gasteiger partial charge in [-0.05, 0) is 83.9 Å². The molecular formula is C26H39OP3. The maximum atomic E-state index is 12.4. The van der Waals surface area contributed by atoms with Crippen molar-refractivity contribution < 1.29 is 4.79 Å². The minimum absolute atomic E-state index is 0.146. The predicted molar refractivity (Wildman–Crippen MR) is 136 cm³/mol. The van der Waals surface area contributed by atoms with E-state index in [4.69, 9.17) is 0 Å². The van der Waals surface area contributed by atoms with Crippen LogP contribution in [0.1, 0.15) is 82.1 Å². The SMILES string of the molecule is Cc1ccc(CPP2C(C)(C)CC(=O)CC2(C)C)c(C2C3CC4CC(C3)CP2C4)c1. The number of hydrogen-bond donors (Lipinski definition) is 0. The maximum absolute atomic E-state index is 12.4. The topological polar surface area (TPSA) is 17.1 Å². The molecule has 4 saturated heterocycles. The van der Waals surface area contributed by atoms with Gasteiger partial charge in [-0.2, -0.15) is 0 Å². The zero-order valence-electron chi connectivity index (χ0n) is 19.5. The summed E-state index contributed by atoms with van der Waals surface area (Å²) in [6.45, 7) is 11.8. The summed E-state index contributed by atoms with van der Waals surface area (Å²) in [5, 5.41) is 0.397. The summed E-state index contributed by atoms with van der Waals surface area (Å²) in [6.07, 6.45) is 10.6. The molecule has 4 atom stereocenters. The smallest absolute Gasteiger partial charge is 0.134 e. The molecule has 1 saturated carbocycles. The van der Waals surface area contributed by atoms with E-state index in [0.717, 1.165) is 44.5 Å². The minimum Gasteiger partial charge on any atom is -0.300 e. The van der Waals surface area contributed by atoms with E-state index in [2.05, 4.69) is 52.8 Å². The van der Waals surface area contributed by atoms with Crippen LogP contribution in [0.5, 0.6) is 0 Å². The Balaban J connectivity index is 1.40. The fraction of sp³-hybridized carbons (Fsp3) is 0.731. The lowest BCUT2D eigenvalue weighted by molar-refractivity contribution is -0.120. The summed E-state index contributed by atoms with van der Waals surface area (Å²) in [5.41, 5.74) is 5.78. The molecule has 5 fully saturated rings. The molecule has 0 N–H and O–H groups in total. The first-order valence-corrected chi connectivity index (χ1v) is 17.2. The highest BCUT2D eigenvalue weighted by atomic mass is 32.0. The quantitative estimate of drug-likeness (QED) is 0.415. The van der Waals surface area contributed by atoms with Crippen LogP contribution < -0.4 is 0 Å². The third-order valence-corrected chi connectivity index (χ3v) is 20.4. The van der Waals surface area contributed by atoms with Crippen molar-refractivity contribution in [1.82, 2.24) is 0 Å². The number of rotatable bonds is 4. The lowest BCUT2D eigenvalue weighted by Crippen LogP contribution is -2.40.